The van der Waals surface area contributed by atoms with E-state index in [1.165, 1.54) is 0 Å². The maximum Gasteiger partial charge on any atom is 0.444 e. The zero-order valence-corrected chi connectivity index (χ0v) is 8.64. The normalized spacial score (nSPS) is 12.5. The van der Waals surface area contributed by atoms with Crippen LogP contribution in [0.2, 0.25) is 0 Å². The molecule has 0 fully saturated rings. The number of halogens is 4. The summed E-state index contributed by atoms with van der Waals surface area (Å²) in [6.07, 6.45) is 0. The van der Waals surface area contributed by atoms with E-state index < -0.39 is 37.6 Å². The van der Waals surface area contributed by atoms with Crippen molar-refractivity contribution in [3.8, 4) is 0 Å². The summed E-state index contributed by atoms with van der Waals surface area (Å²) in [5.74, 6) is -6.02. The van der Waals surface area contributed by atoms with Gasteiger partial charge in [0.25, 0.3) is 9.84 Å². The van der Waals surface area contributed by atoms with Gasteiger partial charge in [0.15, 0.2) is 11.6 Å². The summed E-state index contributed by atoms with van der Waals surface area (Å²) < 4.78 is 73.1. The summed E-state index contributed by atoms with van der Waals surface area (Å²) in [5.41, 5.74) is 0. The van der Waals surface area contributed by atoms with Gasteiger partial charge in [-0.15, -0.1) is 0 Å². The molecule has 1 N–H and O–H groups in total. The van der Waals surface area contributed by atoms with E-state index in [1.54, 1.807) is 0 Å². The minimum absolute atomic E-state index is 0.0124. The lowest BCUT2D eigenvalue weighted by Crippen LogP contribution is -2.37. The number of carbonyl (C=O) groups is 1. The molecule has 1 aromatic carbocycles. The fourth-order valence-corrected chi connectivity index (χ4v) is 1.94. The molecule has 0 aliphatic carbocycles. The number of hydrogen-bond acceptors (Lipinski definition) is 3. The van der Waals surface area contributed by atoms with Crippen LogP contribution in [-0.4, -0.2) is 24.7 Å². The Labute approximate surface area is 92.4 Å². The molecule has 4 nitrogen and oxygen atoms in total. The Balaban J connectivity index is 3.42. The second-order valence-corrected chi connectivity index (χ2v) is 4.89. The third kappa shape index (κ3) is 2.09. The van der Waals surface area contributed by atoms with Gasteiger partial charge in [0.2, 0.25) is 0 Å². The number of sulfone groups is 1. The van der Waals surface area contributed by atoms with E-state index in [1.807, 2.05) is 0 Å². The SMILES string of the molecule is O=C(O)C(F)(F)S(=O)(=O)c1ccc(F)c(F)c1. The summed E-state index contributed by atoms with van der Waals surface area (Å²) in [7, 11) is -5.62. The van der Waals surface area contributed by atoms with E-state index in [0.717, 1.165) is 0 Å². The molecule has 0 saturated carbocycles. The molecule has 9 heteroatoms. The number of carboxylic acid groups (broad SMARTS) is 1. The van der Waals surface area contributed by atoms with Crippen LogP contribution in [0.25, 0.3) is 0 Å². The molecule has 0 spiro atoms. The maximum absolute atomic E-state index is 12.8. The molecule has 0 radical (unpaired) electrons. The van der Waals surface area contributed by atoms with Crippen molar-refractivity contribution >= 4 is 15.8 Å². The van der Waals surface area contributed by atoms with Crippen LogP contribution in [0.1, 0.15) is 0 Å². The highest BCUT2D eigenvalue weighted by Gasteiger charge is 2.54. The zero-order valence-electron chi connectivity index (χ0n) is 7.82. The number of carboxylic acids is 1. The summed E-state index contributed by atoms with van der Waals surface area (Å²) >= 11 is 0. The summed E-state index contributed by atoms with van der Waals surface area (Å²) in [6, 6.07) is 0.645. The molecule has 0 aromatic heterocycles. The van der Waals surface area contributed by atoms with Gasteiger partial charge in [0, 0.05) is 0 Å². The third-order valence-corrected chi connectivity index (χ3v) is 3.51. The summed E-state index contributed by atoms with van der Waals surface area (Å²) in [5, 5.41) is 2.95. The highest BCUT2D eigenvalue weighted by atomic mass is 32.2. The molecule has 0 aliphatic rings. The van der Waals surface area contributed by atoms with E-state index in [9.17, 15) is 30.8 Å². The average Bonchev–Trinajstić information content (AvgIpc) is 2.21. The van der Waals surface area contributed by atoms with Gasteiger partial charge in [-0.05, 0) is 18.2 Å². The van der Waals surface area contributed by atoms with E-state index >= 15 is 0 Å². The van der Waals surface area contributed by atoms with Gasteiger partial charge in [-0.3, -0.25) is 0 Å². The standard InChI is InChI=1S/C8H4F4O4S/c9-5-2-1-4(3-6(5)10)17(15,16)8(11,12)7(13)14/h1-3H,(H,13,14). The van der Waals surface area contributed by atoms with Crippen molar-refractivity contribution in [3.05, 3.63) is 29.8 Å². The Morgan fingerprint density at radius 2 is 1.71 bits per heavy atom. The Bertz CT molecular complexity index is 567. The number of aliphatic carboxylic acids is 1. The fraction of sp³-hybridized carbons (Fsp3) is 0.125. The van der Waals surface area contributed by atoms with Crippen molar-refractivity contribution in [2.75, 3.05) is 0 Å². The highest BCUT2D eigenvalue weighted by Crippen LogP contribution is 2.29. The van der Waals surface area contributed by atoms with Gasteiger partial charge in [0.05, 0.1) is 4.90 Å². The van der Waals surface area contributed by atoms with Gasteiger partial charge < -0.3 is 5.11 Å². The molecule has 17 heavy (non-hydrogen) atoms. The first-order valence-corrected chi connectivity index (χ1v) is 5.40. The van der Waals surface area contributed by atoms with Gasteiger partial charge in [0.1, 0.15) is 0 Å². The Kier molecular flexibility index (Phi) is 3.15. The molecular formula is C8H4F4O4S. The van der Waals surface area contributed by atoms with Crippen LogP contribution in [0, 0.1) is 11.6 Å². The largest absolute Gasteiger partial charge is 0.476 e. The molecule has 1 aromatic rings. The lowest BCUT2D eigenvalue weighted by molar-refractivity contribution is -0.153. The molecule has 1 rings (SSSR count). The highest BCUT2D eigenvalue weighted by molar-refractivity contribution is 7.93. The Morgan fingerprint density at radius 1 is 1.18 bits per heavy atom. The number of rotatable bonds is 3. The van der Waals surface area contributed by atoms with Crippen molar-refractivity contribution < 1.29 is 35.9 Å². The van der Waals surface area contributed by atoms with Gasteiger partial charge >= 0.3 is 11.2 Å². The van der Waals surface area contributed by atoms with Crippen LogP contribution < -0.4 is 0 Å². The second-order valence-electron chi connectivity index (χ2n) is 2.90. The minimum Gasteiger partial charge on any atom is -0.476 e. The number of hydrogen-bond donors (Lipinski definition) is 1. The average molecular weight is 272 g/mol. The van der Waals surface area contributed by atoms with Crippen molar-refractivity contribution in [1.29, 1.82) is 0 Å². The van der Waals surface area contributed by atoms with E-state index in [-0.39, 0.29) is 6.07 Å². The molecule has 0 heterocycles. The maximum atomic E-state index is 12.8. The van der Waals surface area contributed by atoms with Gasteiger partial charge in [-0.2, -0.15) is 8.78 Å². The van der Waals surface area contributed by atoms with Crippen LogP contribution in [0.5, 0.6) is 0 Å². The first kappa shape index (κ1) is 13.4. The summed E-state index contributed by atoms with van der Waals surface area (Å²) in [6.45, 7) is 0. The first-order valence-electron chi connectivity index (χ1n) is 3.91. The molecule has 0 saturated heterocycles. The van der Waals surface area contributed by atoms with E-state index in [0.29, 0.717) is 12.1 Å². The number of alkyl halides is 2. The lowest BCUT2D eigenvalue weighted by atomic mass is 10.3. The van der Waals surface area contributed by atoms with Crippen molar-refractivity contribution in [1.82, 2.24) is 0 Å². The second kappa shape index (κ2) is 3.99. The molecule has 0 aliphatic heterocycles. The molecular weight excluding hydrogens is 268 g/mol. The van der Waals surface area contributed by atoms with Gasteiger partial charge in [-0.1, -0.05) is 0 Å². The Morgan fingerprint density at radius 3 is 2.12 bits per heavy atom. The lowest BCUT2D eigenvalue weighted by Gasteiger charge is -2.12. The number of benzene rings is 1. The quantitative estimate of drug-likeness (QED) is 0.667. The van der Waals surface area contributed by atoms with E-state index in [2.05, 4.69) is 0 Å². The van der Waals surface area contributed by atoms with E-state index in [4.69, 9.17) is 5.11 Å². The van der Waals surface area contributed by atoms with Crippen LogP contribution >= 0.6 is 0 Å². The zero-order chi connectivity index (χ0) is 13.4. The molecule has 0 atom stereocenters. The van der Waals surface area contributed by atoms with Crippen molar-refractivity contribution in [3.63, 3.8) is 0 Å². The molecule has 0 unspecified atom stereocenters. The van der Waals surface area contributed by atoms with Crippen LogP contribution in [0.3, 0.4) is 0 Å². The van der Waals surface area contributed by atoms with Gasteiger partial charge in [-0.25, -0.2) is 22.0 Å². The smallest absolute Gasteiger partial charge is 0.444 e. The van der Waals surface area contributed by atoms with Crippen LogP contribution in [0.4, 0.5) is 17.6 Å². The monoisotopic (exact) mass is 272 g/mol. The molecule has 94 valence electrons. The topological polar surface area (TPSA) is 71.4 Å². The first-order chi connectivity index (χ1) is 7.60. The predicted molar refractivity (Wildman–Crippen MR) is 46.1 cm³/mol. The predicted octanol–water partition coefficient (Wildman–Crippen LogP) is 1.42. The molecule has 0 amide bonds. The van der Waals surface area contributed by atoms with Crippen molar-refractivity contribution in [2.45, 2.75) is 10.2 Å². The fourth-order valence-electron chi connectivity index (χ4n) is 0.907. The minimum atomic E-state index is -5.62. The van der Waals surface area contributed by atoms with Crippen LogP contribution in [-0.2, 0) is 14.6 Å². The Hall–Kier alpha value is -1.64. The van der Waals surface area contributed by atoms with Crippen LogP contribution in [0.15, 0.2) is 23.1 Å². The molecule has 0 bridgehead atoms. The summed E-state index contributed by atoms with van der Waals surface area (Å²) in [4.78, 5) is 8.78. The van der Waals surface area contributed by atoms with Crippen molar-refractivity contribution in [2.24, 2.45) is 0 Å². The third-order valence-electron chi connectivity index (χ3n) is 1.79.